The third kappa shape index (κ3) is 4.69. The fourth-order valence-corrected chi connectivity index (χ4v) is 3.38. The van der Waals surface area contributed by atoms with Gasteiger partial charge in [0.1, 0.15) is 18.4 Å². The van der Waals surface area contributed by atoms with Crippen molar-refractivity contribution in [3.8, 4) is 5.75 Å². The summed E-state index contributed by atoms with van der Waals surface area (Å²) in [7, 11) is 0. The largest absolute Gasteiger partial charge is 0.492 e. The molecule has 2 saturated heterocycles. The Morgan fingerprint density at radius 1 is 1.29 bits per heavy atom. The highest BCUT2D eigenvalue weighted by molar-refractivity contribution is 5.73. The van der Waals surface area contributed by atoms with Crippen molar-refractivity contribution in [2.24, 2.45) is 0 Å². The number of carbonyl (C=O) groups is 1. The van der Waals surface area contributed by atoms with Crippen molar-refractivity contribution in [3.63, 3.8) is 0 Å². The Labute approximate surface area is 143 Å². The summed E-state index contributed by atoms with van der Waals surface area (Å²) in [6.45, 7) is 6.61. The minimum atomic E-state index is -0.717. The summed E-state index contributed by atoms with van der Waals surface area (Å²) < 4.78 is 11.2. The number of rotatable bonds is 7. The molecule has 0 bridgehead atoms. The first-order chi connectivity index (χ1) is 11.7. The molecule has 3 rings (SSSR count). The van der Waals surface area contributed by atoms with Crippen LogP contribution in [0, 0.1) is 0 Å². The fourth-order valence-electron chi connectivity index (χ4n) is 3.38. The van der Waals surface area contributed by atoms with Crippen molar-refractivity contribution in [1.82, 2.24) is 9.80 Å². The van der Waals surface area contributed by atoms with Crippen LogP contribution in [0.2, 0.25) is 0 Å². The maximum atomic E-state index is 11.3. The number of benzene rings is 1. The number of ether oxygens (including phenoxy) is 2. The first kappa shape index (κ1) is 17.2. The summed E-state index contributed by atoms with van der Waals surface area (Å²) in [5, 5.41) is 9.28. The number of carboxylic acid groups (broad SMARTS) is 1. The average molecular weight is 334 g/mol. The number of likely N-dealkylation sites (tertiary alicyclic amines) is 1. The molecule has 0 amide bonds. The standard InChI is InChI=1S/C18H26N2O4/c21-18(22)17-5-2-6-20(17)14-15-3-1-4-16(13-15)24-12-9-19-7-10-23-11-8-19/h1,3-4,13,17H,2,5-12,14H2,(H,21,22)/t17-/m0/s1. The summed E-state index contributed by atoms with van der Waals surface area (Å²) >= 11 is 0. The lowest BCUT2D eigenvalue weighted by Gasteiger charge is -2.26. The second-order valence-corrected chi connectivity index (χ2v) is 6.42. The number of hydrogen-bond acceptors (Lipinski definition) is 5. The quantitative estimate of drug-likeness (QED) is 0.814. The van der Waals surface area contributed by atoms with Gasteiger partial charge in [0.2, 0.25) is 0 Å². The van der Waals surface area contributed by atoms with Crippen LogP contribution >= 0.6 is 0 Å². The first-order valence-electron chi connectivity index (χ1n) is 8.71. The van der Waals surface area contributed by atoms with Crippen LogP contribution in [0.5, 0.6) is 5.75 Å². The van der Waals surface area contributed by atoms with Crippen LogP contribution in [0.25, 0.3) is 0 Å². The summed E-state index contributed by atoms with van der Waals surface area (Å²) in [5.41, 5.74) is 1.10. The third-order valence-corrected chi connectivity index (χ3v) is 4.71. The topological polar surface area (TPSA) is 62.2 Å². The molecule has 2 aliphatic heterocycles. The van der Waals surface area contributed by atoms with Crippen molar-refractivity contribution in [2.75, 3.05) is 46.0 Å². The minimum absolute atomic E-state index is 0.351. The maximum Gasteiger partial charge on any atom is 0.320 e. The molecule has 1 aromatic carbocycles. The predicted molar refractivity (Wildman–Crippen MR) is 90.3 cm³/mol. The SMILES string of the molecule is O=C(O)[C@@H]1CCCN1Cc1cccc(OCCN2CCOCC2)c1. The summed E-state index contributed by atoms with van der Waals surface area (Å²) in [5.74, 6) is 0.136. The second kappa shape index (κ2) is 8.46. The molecular weight excluding hydrogens is 308 g/mol. The third-order valence-electron chi connectivity index (χ3n) is 4.71. The Kier molecular flexibility index (Phi) is 6.07. The molecule has 6 heteroatoms. The Balaban J connectivity index is 1.49. The van der Waals surface area contributed by atoms with E-state index < -0.39 is 5.97 Å². The smallest absolute Gasteiger partial charge is 0.320 e. The van der Waals surface area contributed by atoms with E-state index in [2.05, 4.69) is 4.90 Å². The van der Waals surface area contributed by atoms with Crippen molar-refractivity contribution in [2.45, 2.75) is 25.4 Å². The summed E-state index contributed by atoms with van der Waals surface area (Å²) in [4.78, 5) is 15.7. The second-order valence-electron chi connectivity index (χ2n) is 6.42. The lowest BCUT2D eigenvalue weighted by atomic mass is 10.1. The number of hydrogen-bond donors (Lipinski definition) is 1. The molecule has 1 atom stereocenters. The molecule has 132 valence electrons. The molecule has 6 nitrogen and oxygen atoms in total. The summed E-state index contributed by atoms with van der Waals surface area (Å²) in [6.07, 6.45) is 1.69. The van der Waals surface area contributed by atoms with Gasteiger partial charge in [-0.15, -0.1) is 0 Å². The molecule has 0 radical (unpaired) electrons. The van der Waals surface area contributed by atoms with Gasteiger partial charge in [0, 0.05) is 26.2 Å². The molecule has 0 aromatic heterocycles. The van der Waals surface area contributed by atoms with Crippen LogP contribution in [0.1, 0.15) is 18.4 Å². The number of nitrogens with zero attached hydrogens (tertiary/aromatic N) is 2. The summed E-state index contributed by atoms with van der Waals surface area (Å²) in [6, 6.07) is 7.64. The van der Waals surface area contributed by atoms with Crippen LogP contribution < -0.4 is 4.74 Å². The Morgan fingerprint density at radius 2 is 2.12 bits per heavy atom. The highest BCUT2D eigenvalue weighted by Gasteiger charge is 2.30. The van der Waals surface area contributed by atoms with E-state index in [0.29, 0.717) is 13.2 Å². The molecule has 0 unspecified atom stereocenters. The zero-order chi connectivity index (χ0) is 16.8. The van der Waals surface area contributed by atoms with Gasteiger partial charge in [-0.2, -0.15) is 0 Å². The molecule has 1 aromatic rings. The Bertz CT molecular complexity index is 546. The molecular formula is C18H26N2O4. The van der Waals surface area contributed by atoms with E-state index >= 15 is 0 Å². The van der Waals surface area contributed by atoms with E-state index in [1.165, 1.54) is 0 Å². The molecule has 0 spiro atoms. The Morgan fingerprint density at radius 3 is 2.92 bits per heavy atom. The normalized spacial score (nSPS) is 22.6. The van der Waals surface area contributed by atoms with E-state index in [-0.39, 0.29) is 6.04 Å². The van der Waals surface area contributed by atoms with Crippen molar-refractivity contribution in [1.29, 1.82) is 0 Å². The monoisotopic (exact) mass is 334 g/mol. The molecule has 2 fully saturated rings. The zero-order valence-electron chi connectivity index (χ0n) is 14.0. The minimum Gasteiger partial charge on any atom is -0.492 e. The number of morpholine rings is 1. The van der Waals surface area contributed by atoms with E-state index in [0.717, 1.165) is 63.5 Å². The van der Waals surface area contributed by atoms with Gasteiger partial charge in [-0.1, -0.05) is 12.1 Å². The van der Waals surface area contributed by atoms with Crippen LogP contribution in [-0.4, -0.2) is 72.9 Å². The van der Waals surface area contributed by atoms with Gasteiger partial charge >= 0.3 is 5.97 Å². The van der Waals surface area contributed by atoms with Gasteiger partial charge in [-0.25, -0.2) is 0 Å². The van der Waals surface area contributed by atoms with E-state index in [1.807, 2.05) is 29.2 Å². The van der Waals surface area contributed by atoms with Crippen molar-refractivity contribution < 1.29 is 19.4 Å². The van der Waals surface area contributed by atoms with Gasteiger partial charge in [0.25, 0.3) is 0 Å². The highest BCUT2D eigenvalue weighted by Crippen LogP contribution is 2.22. The molecule has 0 saturated carbocycles. The van der Waals surface area contributed by atoms with Crippen LogP contribution in [0.3, 0.4) is 0 Å². The molecule has 2 heterocycles. The van der Waals surface area contributed by atoms with Gasteiger partial charge in [-0.05, 0) is 37.1 Å². The van der Waals surface area contributed by atoms with Gasteiger partial charge in [0.05, 0.1) is 13.2 Å². The van der Waals surface area contributed by atoms with Gasteiger partial charge < -0.3 is 14.6 Å². The number of aliphatic carboxylic acids is 1. The average Bonchev–Trinajstić information content (AvgIpc) is 3.05. The zero-order valence-corrected chi connectivity index (χ0v) is 14.0. The van der Waals surface area contributed by atoms with E-state index in [9.17, 15) is 9.90 Å². The lowest BCUT2D eigenvalue weighted by molar-refractivity contribution is -0.142. The molecule has 24 heavy (non-hydrogen) atoms. The number of carboxylic acids is 1. The lowest BCUT2D eigenvalue weighted by Crippen LogP contribution is -2.38. The molecule has 0 aliphatic carbocycles. The highest BCUT2D eigenvalue weighted by atomic mass is 16.5. The first-order valence-corrected chi connectivity index (χ1v) is 8.71. The fraction of sp³-hybridized carbons (Fsp3) is 0.611. The van der Waals surface area contributed by atoms with Crippen LogP contribution in [-0.2, 0) is 16.1 Å². The molecule has 1 N–H and O–H groups in total. The van der Waals surface area contributed by atoms with Gasteiger partial charge in [0.15, 0.2) is 0 Å². The van der Waals surface area contributed by atoms with Crippen LogP contribution in [0.15, 0.2) is 24.3 Å². The predicted octanol–water partition coefficient (Wildman–Crippen LogP) is 1.45. The Hall–Kier alpha value is -1.63. The van der Waals surface area contributed by atoms with E-state index in [4.69, 9.17) is 9.47 Å². The molecule has 2 aliphatic rings. The van der Waals surface area contributed by atoms with E-state index in [1.54, 1.807) is 0 Å². The van der Waals surface area contributed by atoms with Gasteiger partial charge in [-0.3, -0.25) is 14.6 Å². The van der Waals surface area contributed by atoms with Crippen molar-refractivity contribution >= 4 is 5.97 Å². The van der Waals surface area contributed by atoms with Crippen LogP contribution in [0.4, 0.5) is 0 Å². The van der Waals surface area contributed by atoms with Crippen molar-refractivity contribution in [3.05, 3.63) is 29.8 Å². The maximum absolute atomic E-state index is 11.3.